The van der Waals surface area contributed by atoms with Crippen molar-refractivity contribution in [2.24, 2.45) is 11.7 Å². The SMILES string of the molecule is CC(=O)N(/C=C(/C)C(N)=O)CC(C)C. The Morgan fingerprint density at radius 3 is 2.14 bits per heavy atom. The van der Waals surface area contributed by atoms with Crippen molar-refractivity contribution in [3.05, 3.63) is 11.8 Å². The molecule has 0 radical (unpaired) electrons. The summed E-state index contributed by atoms with van der Waals surface area (Å²) in [4.78, 5) is 23.4. The van der Waals surface area contributed by atoms with Crippen molar-refractivity contribution in [1.82, 2.24) is 4.90 Å². The number of hydrogen-bond acceptors (Lipinski definition) is 2. The van der Waals surface area contributed by atoms with Crippen LogP contribution >= 0.6 is 0 Å². The Morgan fingerprint density at radius 1 is 1.36 bits per heavy atom. The summed E-state index contributed by atoms with van der Waals surface area (Å²) in [5, 5.41) is 0. The monoisotopic (exact) mass is 198 g/mol. The first-order chi connectivity index (χ1) is 6.34. The van der Waals surface area contributed by atoms with Gasteiger partial charge in [-0.15, -0.1) is 0 Å². The molecule has 14 heavy (non-hydrogen) atoms. The second-order valence-electron chi connectivity index (χ2n) is 3.74. The first-order valence-electron chi connectivity index (χ1n) is 4.60. The lowest BCUT2D eigenvalue weighted by Gasteiger charge is -2.19. The van der Waals surface area contributed by atoms with Crippen LogP contribution in [0.2, 0.25) is 0 Å². The van der Waals surface area contributed by atoms with Crippen LogP contribution in [0.3, 0.4) is 0 Å². The summed E-state index contributed by atoms with van der Waals surface area (Å²) in [7, 11) is 0. The number of nitrogens with two attached hydrogens (primary N) is 1. The van der Waals surface area contributed by atoms with Crippen LogP contribution in [0.4, 0.5) is 0 Å². The standard InChI is InChI=1S/C10H18N2O2/c1-7(2)5-12(9(4)13)6-8(3)10(11)14/h6-7H,5H2,1-4H3,(H2,11,14)/b8-6-. The average Bonchev–Trinajstić information content (AvgIpc) is 2.01. The van der Waals surface area contributed by atoms with E-state index in [-0.39, 0.29) is 5.91 Å². The average molecular weight is 198 g/mol. The normalized spacial score (nSPS) is 11.6. The van der Waals surface area contributed by atoms with Gasteiger partial charge in [-0.05, 0) is 12.8 Å². The molecule has 2 amide bonds. The van der Waals surface area contributed by atoms with Crippen LogP contribution < -0.4 is 5.73 Å². The number of amides is 2. The highest BCUT2D eigenvalue weighted by molar-refractivity contribution is 5.91. The highest BCUT2D eigenvalue weighted by atomic mass is 16.2. The molecule has 0 bridgehead atoms. The van der Waals surface area contributed by atoms with Crippen LogP contribution in [0.5, 0.6) is 0 Å². The third-order valence-electron chi connectivity index (χ3n) is 1.70. The lowest BCUT2D eigenvalue weighted by molar-refractivity contribution is -0.126. The van der Waals surface area contributed by atoms with E-state index in [0.29, 0.717) is 18.0 Å². The maximum atomic E-state index is 11.2. The molecule has 0 unspecified atom stereocenters. The van der Waals surface area contributed by atoms with E-state index in [2.05, 4.69) is 0 Å². The zero-order chi connectivity index (χ0) is 11.3. The summed E-state index contributed by atoms with van der Waals surface area (Å²) in [5.41, 5.74) is 5.46. The summed E-state index contributed by atoms with van der Waals surface area (Å²) in [6.07, 6.45) is 1.50. The van der Waals surface area contributed by atoms with E-state index in [9.17, 15) is 9.59 Å². The zero-order valence-electron chi connectivity index (χ0n) is 9.20. The molecule has 0 heterocycles. The van der Waals surface area contributed by atoms with Crippen LogP contribution in [-0.4, -0.2) is 23.3 Å². The van der Waals surface area contributed by atoms with E-state index in [0.717, 1.165) is 0 Å². The number of carbonyl (C=O) groups excluding carboxylic acids is 2. The predicted octanol–water partition coefficient (Wildman–Crippen LogP) is 0.880. The lowest BCUT2D eigenvalue weighted by atomic mass is 10.2. The highest BCUT2D eigenvalue weighted by Gasteiger charge is 2.09. The van der Waals surface area contributed by atoms with Crippen LogP contribution in [0.1, 0.15) is 27.7 Å². The molecule has 0 aliphatic heterocycles. The Hall–Kier alpha value is -1.32. The Bertz CT molecular complexity index is 257. The minimum atomic E-state index is -0.500. The van der Waals surface area contributed by atoms with Crippen molar-refractivity contribution in [3.63, 3.8) is 0 Å². The molecule has 0 aromatic rings. The van der Waals surface area contributed by atoms with Crippen molar-refractivity contribution < 1.29 is 9.59 Å². The Morgan fingerprint density at radius 2 is 1.86 bits per heavy atom. The Kier molecular flexibility index (Phi) is 4.91. The van der Waals surface area contributed by atoms with Gasteiger partial charge >= 0.3 is 0 Å². The highest BCUT2D eigenvalue weighted by Crippen LogP contribution is 2.03. The quantitative estimate of drug-likeness (QED) is 0.681. The minimum Gasteiger partial charge on any atom is -0.366 e. The molecular weight excluding hydrogens is 180 g/mol. The summed E-state index contributed by atoms with van der Waals surface area (Å²) >= 11 is 0. The number of carbonyl (C=O) groups is 2. The van der Waals surface area contributed by atoms with Gasteiger partial charge in [-0.25, -0.2) is 0 Å². The van der Waals surface area contributed by atoms with Gasteiger partial charge in [-0.3, -0.25) is 9.59 Å². The predicted molar refractivity (Wildman–Crippen MR) is 55.2 cm³/mol. The number of primary amides is 1. The second kappa shape index (κ2) is 5.42. The molecule has 80 valence electrons. The molecule has 0 fully saturated rings. The number of hydrogen-bond donors (Lipinski definition) is 1. The Labute approximate surface area is 84.8 Å². The molecule has 0 aromatic heterocycles. The summed E-state index contributed by atoms with van der Waals surface area (Å²) < 4.78 is 0. The summed E-state index contributed by atoms with van der Waals surface area (Å²) in [6, 6.07) is 0. The smallest absolute Gasteiger partial charge is 0.245 e. The maximum Gasteiger partial charge on any atom is 0.245 e. The molecule has 4 nitrogen and oxygen atoms in total. The van der Waals surface area contributed by atoms with E-state index in [1.165, 1.54) is 18.0 Å². The molecule has 0 aliphatic carbocycles. The van der Waals surface area contributed by atoms with Gasteiger partial charge in [0, 0.05) is 25.2 Å². The molecule has 0 saturated heterocycles. The topological polar surface area (TPSA) is 63.4 Å². The van der Waals surface area contributed by atoms with Gasteiger partial charge < -0.3 is 10.6 Å². The third-order valence-corrected chi connectivity index (χ3v) is 1.70. The van der Waals surface area contributed by atoms with E-state index < -0.39 is 5.91 Å². The van der Waals surface area contributed by atoms with Crippen molar-refractivity contribution >= 4 is 11.8 Å². The van der Waals surface area contributed by atoms with Crippen LogP contribution in [0.15, 0.2) is 11.8 Å². The van der Waals surface area contributed by atoms with Gasteiger partial charge in [0.2, 0.25) is 11.8 Å². The van der Waals surface area contributed by atoms with E-state index >= 15 is 0 Å². The number of rotatable bonds is 4. The largest absolute Gasteiger partial charge is 0.366 e. The van der Waals surface area contributed by atoms with E-state index in [1.54, 1.807) is 6.92 Å². The van der Waals surface area contributed by atoms with Gasteiger partial charge in [0.1, 0.15) is 0 Å². The molecule has 0 aromatic carbocycles. The summed E-state index contributed by atoms with van der Waals surface area (Å²) in [5.74, 6) is -0.227. The van der Waals surface area contributed by atoms with Crippen LogP contribution in [-0.2, 0) is 9.59 Å². The van der Waals surface area contributed by atoms with Crippen LogP contribution in [0.25, 0.3) is 0 Å². The van der Waals surface area contributed by atoms with Gasteiger partial charge in [-0.2, -0.15) is 0 Å². The fourth-order valence-corrected chi connectivity index (χ4v) is 0.963. The third kappa shape index (κ3) is 4.64. The van der Waals surface area contributed by atoms with Gasteiger partial charge in [-0.1, -0.05) is 13.8 Å². The first-order valence-corrected chi connectivity index (χ1v) is 4.60. The Balaban J connectivity index is 4.60. The lowest BCUT2D eigenvalue weighted by Crippen LogP contribution is -2.28. The van der Waals surface area contributed by atoms with Gasteiger partial charge in [0.15, 0.2) is 0 Å². The van der Waals surface area contributed by atoms with E-state index in [4.69, 9.17) is 5.73 Å². The molecule has 4 heteroatoms. The molecule has 0 saturated carbocycles. The van der Waals surface area contributed by atoms with Gasteiger partial charge in [0.25, 0.3) is 0 Å². The van der Waals surface area contributed by atoms with Crippen molar-refractivity contribution in [3.8, 4) is 0 Å². The molecule has 0 aliphatic rings. The summed E-state index contributed by atoms with van der Waals surface area (Å²) in [6.45, 7) is 7.67. The fourth-order valence-electron chi connectivity index (χ4n) is 0.963. The van der Waals surface area contributed by atoms with Crippen LogP contribution in [0, 0.1) is 5.92 Å². The minimum absolute atomic E-state index is 0.0840. The van der Waals surface area contributed by atoms with Crippen molar-refractivity contribution in [1.29, 1.82) is 0 Å². The molecule has 0 atom stereocenters. The van der Waals surface area contributed by atoms with Gasteiger partial charge in [0.05, 0.1) is 0 Å². The first kappa shape index (κ1) is 12.7. The molecular formula is C10H18N2O2. The molecule has 2 N–H and O–H groups in total. The maximum absolute atomic E-state index is 11.2. The fraction of sp³-hybridized carbons (Fsp3) is 0.600. The zero-order valence-corrected chi connectivity index (χ0v) is 9.20. The number of nitrogens with zero attached hydrogens (tertiary/aromatic N) is 1. The van der Waals surface area contributed by atoms with Crippen molar-refractivity contribution in [2.75, 3.05) is 6.54 Å². The van der Waals surface area contributed by atoms with E-state index in [1.807, 2.05) is 13.8 Å². The second-order valence-corrected chi connectivity index (χ2v) is 3.74. The molecule has 0 spiro atoms. The van der Waals surface area contributed by atoms with Crippen molar-refractivity contribution in [2.45, 2.75) is 27.7 Å². The molecule has 0 rings (SSSR count).